The molecule has 0 unspecified atom stereocenters. The number of hydrogen-bond donors (Lipinski definition) is 0. The Hall–Kier alpha value is -0.740. The van der Waals surface area contributed by atoms with Crippen molar-refractivity contribution in [3.8, 4) is 11.5 Å². The van der Waals surface area contributed by atoms with Crippen molar-refractivity contribution in [1.82, 2.24) is 0 Å². The number of benzene rings is 2. The molecule has 0 spiro atoms. The van der Waals surface area contributed by atoms with Crippen LogP contribution in [0.15, 0.2) is 48.5 Å². The lowest BCUT2D eigenvalue weighted by Crippen LogP contribution is -1.87. The van der Waals surface area contributed by atoms with Crippen molar-refractivity contribution in [2.24, 2.45) is 0 Å². The van der Waals surface area contributed by atoms with E-state index in [4.69, 9.17) is 16.3 Å². The van der Waals surface area contributed by atoms with Crippen LogP contribution < -0.4 is 4.74 Å². The molecule has 0 heterocycles. The summed E-state index contributed by atoms with van der Waals surface area (Å²) in [4.78, 5) is 0. The monoisotopic (exact) mass is 330 g/mol. The molecule has 0 radical (unpaired) electrons. The van der Waals surface area contributed by atoms with E-state index in [1.165, 1.54) is 0 Å². The summed E-state index contributed by atoms with van der Waals surface area (Å²) in [5.74, 6) is 1.51. The van der Waals surface area contributed by atoms with E-state index in [1.807, 2.05) is 48.5 Å². The molecule has 2 rings (SSSR count). The quantitative estimate of drug-likeness (QED) is 0.723. The van der Waals surface area contributed by atoms with Crippen molar-refractivity contribution in [3.63, 3.8) is 0 Å². The fourth-order valence-corrected chi connectivity index (χ4v) is 1.85. The van der Waals surface area contributed by atoms with E-state index in [1.54, 1.807) is 0 Å². The first-order chi connectivity index (χ1) is 7.27. The molecule has 0 aliphatic rings. The average Bonchev–Trinajstić information content (AvgIpc) is 2.24. The second-order valence-electron chi connectivity index (χ2n) is 2.96. The SMILES string of the molecule is Clc1ccccc1Oc1ccccc1I. The van der Waals surface area contributed by atoms with Crippen molar-refractivity contribution < 1.29 is 4.74 Å². The molecule has 0 saturated carbocycles. The lowest BCUT2D eigenvalue weighted by molar-refractivity contribution is 0.479. The van der Waals surface area contributed by atoms with E-state index >= 15 is 0 Å². The van der Waals surface area contributed by atoms with Gasteiger partial charge in [-0.2, -0.15) is 0 Å². The van der Waals surface area contributed by atoms with E-state index in [0.717, 1.165) is 9.32 Å². The molecule has 0 aromatic heterocycles. The first-order valence-corrected chi connectivity index (χ1v) is 5.90. The molecule has 15 heavy (non-hydrogen) atoms. The third-order valence-corrected chi connectivity index (χ3v) is 3.10. The molecule has 0 atom stereocenters. The highest BCUT2D eigenvalue weighted by Crippen LogP contribution is 2.31. The zero-order valence-electron chi connectivity index (χ0n) is 7.78. The summed E-state index contributed by atoms with van der Waals surface area (Å²) in [6.07, 6.45) is 0. The van der Waals surface area contributed by atoms with Gasteiger partial charge < -0.3 is 4.74 Å². The van der Waals surface area contributed by atoms with Crippen LogP contribution in [-0.2, 0) is 0 Å². The largest absolute Gasteiger partial charge is 0.455 e. The van der Waals surface area contributed by atoms with Crippen LogP contribution in [0.2, 0.25) is 5.02 Å². The van der Waals surface area contributed by atoms with Crippen molar-refractivity contribution in [1.29, 1.82) is 0 Å². The Bertz CT molecular complexity index is 427. The Morgan fingerprint density at radius 2 is 1.47 bits per heavy atom. The molecule has 0 aliphatic carbocycles. The van der Waals surface area contributed by atoms with Crippen LogP contribution in [0.4, 0.5) is 0 Å². The molecular formula is C12H8ClIO. The van der Waals surface area contributed by atoms with Gasteiger partial charge in [0.1, 0.15) is 11.5 Å². The fourth-order valence-electron chi connectivity index (χ4n) is 1.17. The van der Waals surface area contributed by atoms with Crippen LogP contribution in [0.1, 0.15) is 0 Å². The Labute approximate surface area is 107 Å². The van der Waals surface area contributed by atoms with E-state index in [9.17, 15) is 0 Å². The lowest BCUT2D eigenvalue weighted by atomic mass is 10.3. The highest BCUT2D eigenvalue weighted by Gasteiger charge is 2.03. The summed E-state index contributed by atoms with van der Waals surface area (Å²) in [6.45, 7) is 0. The number of para-hydroxylation sites is 2. The van der Waals surface area contributed by atoms with Gasteiger partial charge in [-0.05, 0) is 46.9 Å². The summed E-state index contributed by atoms with van der Waals surface area (Å²) < 4.78 is 6.77. The molecule has 0 N–H and O–H groups in total. The van der Waals surface area contributed by atoms with Gasteiger partial charge in [0.25, 0.3) is 0 Å². The maximum atomic E-state index is 6.00. The van der Waals surface area contributed by atoms with Crippen molar-refractivity contribution in [2.75, 3.05) is 0 Å². The molecule has 1 nitrogen and oxygen atoms in total. The zero-order valence-corrected chi connectivity index (χ0v) is 10.7. The van der Waals surface area contributed by atoms with Crippen LogP contribution in [0.3, 0.4) is 0 Å². The van der Waals surface area contributed by atoms with Crippen LogP contribution in [0, 0.1) is 3.57 Å². The molecule has 0 fully saturated rings. The van der Waals surface area contributed by atoms with Gasteiger partial charge in [0.15, 0.2) is 0 Å². The zero-order chi connectivity index (χ0) is 10.7. The number of halogens is 2. The van der Waals surface area contributed by atoms with Gasteiger partial charge in [-0.1, -0.05) is 35.9 Å². The van der Waals surface area contributed by atoms with Gasteiger partial charge in [-0.3, -0.25) is 0 Å². The van der Waals surface area contributed by atoms with Crippen molar-refractivity contribution in [2.45, 2.75) is 0 Å². The predicted octanol–water partition coefficient (Wildman–Crippen LogP) is 4.74. The highest BCUT2D eigenvalue weighted by molar-refractivity contribution is 14.1. The highest BCUT2D eigenvalue weighted by atomic mass is 127. The topological polar surface area (TPSA) is 9.23 Å². The van der Waals surface area contributed by atoms with Gasteiger partial charge >= 0.3 is 0 Å². The van der Waals surface area contributed by atoms with Gasteiger partial charge in [0, 0.05) is 0 Å². The van der Waals surface area contributed by atoms with Crippen molar-refractivity contribution >= 4 is 34.2 Å². The minimum absolute atomic E-state index is 0.622. The smallest absolute Gasteiger partial charge is 0.146 e. The van der Waals surface area contributed by atoms with Crippen LogP contribution in [-0.4, -0.2) is 0 Å². The Kier molecular flexibility index (Phi) is 3.49. The molecule has 2 aromatic carbocycles. The molecule has 3 heteroatoms. The first-order valence-electron chi connectivity index (χ1n) is 4.44. The normalized spacial score (nSPS) is 10.0. The van der Waals surface area contributed by atoms with Crippen LogP contribution in [0.25, 0.3) is 0 Å². The molecule has 0 aliphatic heterocycles. The third-order valence-electron chi connectivity index (χ3n) is 1.89. The molecule has 76 valence electrons. The summed E-state index contributed by atoms with van der Waals surface area (Å²) in [5.41, 5.74) is 0. The lowest BCUT2D eigenvalue weighted by Gasteiger charge is -2.08. The molecule has 0 saturated heterocycles. The minimum atomic E-state index is 0.622. The Morgan fingerprint density at radius 3 is 2.13 bits per heavy atom. The van der Waals surface area contributed by atoms with E-state index < -0.39 is 0 Å². The predicted molar refractivity (Wildman–Crippen MR) is 70.7 cm³/mol. The van der Waals surface area contributed by atoms with E-state index in [2.05, 4.69) is 22.6 Å². The summed E-state index contributed by atoms with van der Waals surface area (Å²) in [6, 6.07) is 15.3. The van der Waals surface area contributed by atoms with Gasteiger partial charge in [0.2, 0.25) is 0 Å². The van der Waals surface area contributed by atoms with Gasteiger partial charge in [0.05, 0.1) is 8.59 Å². The fraction of sp³-hybridized carbons (Fsp3) is 0. The average molecular weight is 331 g/mol. The Balaban J connectivity index is 2.30. The number of ether oxygens (including phenoxy) is 1. The minimum Gasteiger partial charge on any atom is -0.455 e. The molecule has 0 amide bonds. The number of rotatable bonds is 2. The van der Waals surface area contributed by atoms with Gasteiger partial charge in [-0.25, -0.2) is 0 Å². The summed E-state index contributed by atoms with van der Waals surface area (Å²) >= 11 is 8.23. The molecule has 2 aromatic rings. The molecule has 0 bridgehead atoms. The molecular weight excluding hydrogens is 322 g/mol. The first kappa shape index (κ1) is 10.8. The Morgan fingerprint density at radius 1 is 0.867 bits per heavy atom. The maximum absolute atomic E-state index is 6.00. The second-order valence-corrected chi connectivity index (χ2v) is 4.53. The maximum Gasteiger partial charge on any atom is 0.146 e. The third kappa shape index (κ3) is 2.63. The van der Waals surface area contributed by atoms with Crippen molar-refractivity contribution in [3.05, 3.63) is 57.1 Å². The summed E-state index contributed by atoms with van der Waals surface area (Å²) in [5, 5.41) is 0.622. The van der Waals surface area contributed by atoms with E-state index in [-0.39, 0.29) is 0 Å². The second kappa shape index (κ2) is 4.86. The number of hydrogen-bond acceptors (Lipinski definition) is 1. The van der Waals surface area contributed by atoms with Gasteiger partial charge in [-0.15, -0.1) is 0 Å². The van der Waals surface area contributed by atoms with E-state index in [0.29, 0.717) is 10.8 Å². The van der Waals surface area contributed by atoms with Crippen LogP contribution in [0.5, 0.6) is 11.5 Å². The van der Waals surface area contributed by atoms with Crippen LogP contribution >= 0.6 is 34.2 Å². The standard InChI is InChI=1S/C12H8ClIO/c13-9-5-1-3-7-11(9)15-12-8-4-2-6-10(12)14/h1-8H. The summed E-state index contributed by atoms with van der Waals surface area (Å²) in [7, 11) is 0.